The molecule has 1 aromatic heterocycles. The van der Waals surface area contributed by atoms with Crippen molar-refractivity contribution in [3.8, 4) is 0 Å². The first-order chi connectivity index (χ1) is 9.38. The molecule has 6 N–H and O–H groups in total. The van der Waals surface area contributed by atoms with Crippen molar-refractivity contribution in [3.05, 3.63) is 35.9 Å². The smallest absolute Gasteiger partial charge is 0.238 e. The second kappa shape index (κ2) is 5.51. The van der Waals surface area contributed by atoms with E-state index in [1.54, 1.807) is 25.4 Å². The van der Waals surface area contributed by atoms with Crippen LogP contribution in [-0.4, -0.2) is 24.9 Å². The van der Waals surface area contributed by atoms with Gasteiger partial charge in [-0.1, -0.05) is 0 Å². The first kappa shape index (κ1) is 14.4. The zero-order valence-corrected chi connectivity index (χ0v) is 11.9. The number of sulfonamides is 1. The standard InChI is InChI=1S/C12H17N5O2S/c1-8-10(15-3-2-12-16-4-5-17-12)6-9(13)7-11(8)20(14,18)19/h4-7,15H,2-3,13H2,1H3,(H,16,17)(H2,14,18,19). The molecule has 0 unspecified atom stereocenters. The SMILES string of the molecule is Cc1c(NCCc2ncc[nH]2)cc(N)cc1S(N)(=O)=O. The van der Waals surface area contributed by atoms with Gasteiger partial charge in [-0.15, -0.1) is 0 Å². The summed E-state index contributed by atoms with van der Waals surface area (Å²) in [6.45, 7) is 2.29. The summed E-state index contributed by atoms with van der Waals surface area (Å²) in [4.78, 5) is 7.14. The molecule has 0 aliphatic heterocycles. The molecule has 0 bridgehead atoms. The molecule has 0 aliphatic rings. The van der Waals surface area contributed by atoms with Gasteiger partial charge in [0.1, 0.15) is 5.82 Å². The van der Waals surface area contributed by atoms with E-state index in [1.807, 2.05) is 0 Å². The van der Waals surface area contributed by atoms with E-state index in [1.165, 1.54) is 6.07 Å². The Hall–Kier alpha value is -2.06. The number of nitrogens with one attached hydrogen (secondary N) is 2. The molecule has 8 heteroatoms. The van der Waals surface area contributed by atoms with Crippen LogP contribution in [-0.2, 0) is 16.4 Å². The molecule has 108 valence electrons. The van der Waals surface area contributed by atoms with Crippen LogP contribution in [0.25, 0.3) is 0 Å². The van der Waals surface area contributed by atoms with Crippen molar-refractivity contribution in [2.24, 2.45) is 5.14 Å². The van der Waals surface area contributed by atoms with Crippen LogP contribution in [0.3, 0.4) is 0 Å². The number of imidazole rings is 1. The van der Waals surface area contributed by atoms with E-state index in [4.69, 9.17) is 10.9 Å². The van der Waals surface area contributed by atoms with Gasteiger partial charge < -0.3 is 16.0 Å². The number of hydrogen-bond donors (Lipinski definition) is 4. The fourth-order valence-corrected chi connectivity index (χ4v) is 2.78. The monoisotopic (exact) mass is 295 g/mol. The van der Waals surface area contributed by atoms with E-state index in [0.29, 0.717) is 29.9 Å². The molecule has 0 saturated carbocycles. The predicted octanol–water partition coefficient (Wildman–Crippen LogP) is 0.602. The molecule has 0 radical (unpaired) electrons. The van der Waals surface area contributed by atoms with E-state index in [9.17, 15) is 8.42 Å². The van der Waals surface area contributed by atoms with Gasteiger partial charge in [-0.25, -0.2) is 18.5 Å². The molecule has 20 heavy (non-hydrogen) atoms. The van der Waals surface area contributed by atoms with Crippen LogP contribution < -0.4 is 16.2 Å². The fraction of sp³-hybridized carbons (Fsp3) is 0.250. The van der Waals surface area contributed by atoms with Crippen LogP contribution in [0.5, 0.6) is 0 Å². The minimum Gasteiger partial charge on any atom is -0.399 e. The summed E-state index contributed by atoms with van der Waals surface area (Å²) in [5.41, 5.74) is 7.27. The van der Waals surface area contributed by atoms with Crippen LogP contribution in [0.2, 0.25) is 0 Å². The van der Waals surface area contributed by atoms with Crippen LogP contribution in [0.15, 0.2) is 29.4 Å². The Morgan fingerprint density at radius 3 is 2.75 bits per heavy atom. The molecule has 7 nitrogen and oxygen atoms in total. The lowest BCUT2D eigenvalue weighted by Gasteiger charge is -2.13. The number of aromatic amines is 1. The average Bonchev–Trinajstić information content (AvgIpc) is 2.84. The molecule has 0 amide bonds. The van der Waals surface area contributed by atoms with Crippen molar-refractivity contribution in [1.82, 2.24) is 9.97 Å². The normalized spacial score (nSPS) is 11.5. The van der Waals surface area contributed by atoms with Crippen molar-refractivity contribution < 1.29 is 8.42 Å². The topological polar surface area (TPSA) is 127 Å². The van der Waals surface area contributed by atoms with Crippen molar-refractivity contribution >= 4 is 21.4 Å². The lowest BCUT2D eigenvalue weighted by atomic mass is 10.1. The zero-order chi connectivity index (χ0) is 14.8. The van der Waals surface area contributed by atoms with Crippen LogP contribution in [0, 0.1) is 6.92 Å². The van der Waals surface area contributed by atoms with Gasteiger partial charge in [0.2, 0.25) is 10.0 Å². The number of H-pyrrole nitrogens is 1. The third-order valence-electron chi connectivity index (χ3n) is 2.92. The third-order valence-corrected chi connectivity index (χ3v) is 3.96. The van der Waals surface area contributed by atoms with E-state index >= 15 is 0 Å². The molecule has 2 rings (SSSR count). The third kappa shape index (κ3) is 3.28. The van der Waals surface area contributed by atoms with Gasteiger partial charge in [-0.05, 0) is 24.6 Å². The highest BCUT2D eigenvalue weighted by atomic mass is 32.2. The van der Waals surface area contributed by atoms with E-state index in [2.05, 4.69) is 15.3 Å². The summed E-state index contributed by atoms with van der Waals surface area (Å²) in [6, 6.07) is 3.05. The Balaban J connectivity index is 2.17. The number of benzene rings is 1. The zero-order valence-electron chi connectivity index (χ0n) is 11.1. The van der Waals surface area contributed by atoms with E-state index in [-0.39, 0.29) is 4.90 Å². The molecule has 0 atom stereocenters. The number of anilines is 2. The highest BCUT2D eigenvalue weighted by Crippen LogP contribution is 2.25. The quantitative estimate of drug-likeness (QED) is 0.601. The Morgan fingerprint density at radius 1 is 1.40 bits per heavy atom. The van der Waals surface area contributed by atoms with Gasteiger partial charge in [-0.2, -0.15) is 0 Å². The molecular formula is C12H17N5O2S. The lowest BCUT2D eigenvalue weighted by molar-refractivity contribution is 0.597. The van der Waals surface area contributed by atoms with Gasteiger partial charge in [-0.3, -0.25) is 0 Å². The molecule has 1 aromatic carbocycles. The van der Waals surface area contributed by atoms with Crippen molar-refractivity contribution in [2.45, 2.75) is 18.2 Å². The number of nitrogen functional groups attached to an aromatic ring is 1. The van der Waals surface area contributed by atoms with E-state index < -0.39 is 10.0 Å². The molecule has 0 fully saturated rings. The van der Waals surface area contributed by atoms with Gasteiger partial charge in [0.25, 0.3) is 0 Å². The number of nitrogens with zero attached hydrogens (tertiary/aromatic N) is 1. The first-order valence-corrected chi connectivity index (χ1v) is 7.57. The van der Waals surface area contributed by atoms with Gasteiger partial charge in [0.15, 0.2) is 0 Å². The summed E-state index contributed by atoms with van der Waals surface area (Å²) in [5.74, 6) is 0.853. The molecule has 0 saturated heterocycles. The number of primary sulfonamides is 1. The van der Waals surface area contributed by atoms with Crippen LogP contribution >= 0.6 is 0 Å². The number of aromatic nitrogens is 2. The Kier molecular flexibility index (Phi) is 3.96. The lowest BCUT2D eigenvalue weighted by Crippen LogP contribution is -2.16. The minimum atomic E-state index is -3.79. The molecule has 2 aromatic rings. The number of rotatable bonds is 5. The van der Waals surface area contributed by atoms with Crippen LogP contribution in [0.4, 0.5) is 11.4 Å². The summed E-state index contributed by atoms with van der Waals surface area (Å²) >= 11 is 0. The summed E-state index contributed by atoms with van der Waals surface area (Å²) in [5, 5.41) is 8.32. The number of nitrogens with two attached hydrogens (primary N) is 2. The van der Waals surface area contributed by atoms with Crippen molar-refractivity contribution in [3.63, 3.8) is 0 Å². The molecule has 0 spiro atoms. The first-order valence-electron chi connectivity index (χ1n) is 6.03. The molecule has 1 heterocycles. The second-order valence-electron chi connectivity index (χ2n) is 4.45. The molecule has 0 aliphatic carbocycles. The minimum absolute atomic E-state index is 0.0398. The van der Waals surface area contributed by atoms with Gasteiger partial charge in [0.05, 0.1) is 4.90 Å². The van der Waals surface area contributed by atoms with Crippen LogP contribution in [0.1, 0.15) is 11.4 Å². The number of hydrogen-bond acceptors (Lipinski definition) is 5. The predicted molar refractivity (Wildman–Crippen MR) is 77.7 cm³/mol. The maximum atomic E-state index is 11.5. The largest absolute Gasteiger partial charge is 0.399 e. The highest BCUT2D eigenvalue weighted by molar-refractivity contribution is 7.89. The van der Waals surface area contributed by atoms with Crippen molar-refractivity contribution in [1.29, 1.82) is 0 Å². The van der Waals surface area contributed by atoms with Gasteiger partial charge in [0, 0.05) is 36.7 Å². The van der Waals surface area contributed by atoms with Crippen molar-refractivity contribution in [2.75, 3.05) is 17.6 Å². The van der Waals surface area contributed by atoms with E-state index in [0.717, 1.165) is 5.82 Å². The van der Waals surface area contributed by atoms with Gasteiger partial charge >= 0.3 is 0 Å². The average molecular weight is 295 g/mol. The summed E-state index contributed by atoms with van der Waals surface area (Å²) < 4.78 is 23.0. The Bertz CT molecular complexity index is 695. The second-order valence-corrected chi connectivity index (χ2v) is 5.98. The maximum absolute atomic E-state index is 11.5. The fourth-order valence-electron chi connectivity index (χ4n) is 1.94. The summed E-state index contributed by atoms with van der Waals surface area (Å²) in [7, 11) is -3.79. The Labute approximate surface area is 117 Å². The summed E-state index contributed by atoms with van der Waals surface area (Å²) in [6.07, 6.45) is 4.12. The molecular weight excluding hydrogens is 278 g/mol. The Morgan fingerprint density at radius 2 is 2.15 bits per heavy atom. The maximum Gasteiger partial charge on any atom is 0.238 e. The highest BCUT2D eigenvalue weighted by Gasteiger charge is 2.15.